The minimum absolute atomic E-state index is 0.683. The van der Waals surface area contributed by atoms with E-state index in [1.54, 1.807) is 0 Å². The predicted molar refractivity (Wildman–Crippen MR) is 80.9 cm³/mol. The Labute approximate surface area is 117 Å². The standard InChI is InChI=1S/C16H17N3O/c1-2-20-12-8-6-11(7-9-12)10-15-18-14-5-3-4-13(17)16(14)19-15/h3-9H,2,10,17H2,1H3,(H,18,19). The highest BCUT2D eigenvalue weighted by Gasteiger charge is 2.06. The first kappa shape index (κ1) is 12.5. The number of aromatic nitrogens is 2. The molecule has 4 nitrogen and oxygen atoms in total. The SMILES string of the molecule is CCOc1ccc(Cc2nc3c(N)cccc3[nH]2)cc1. The summed E-state index contributed by atoms with van der Waals surface area (Å²) in [5, 5.41) is 0. The lowest BCUT2D eigenvalue weighted by molar-refractivity contribution is 0.340. The molecule has 0 aliphatic heterocycles. The molecule has 2 aromatic carbocycles. The Morgan fingerprint density at radius 2 is 1.95 bits per heavy atom. The van der Waals surface area contributed by atoms with Crippen molar-refractivity contribution in [2.75, 3.05) is 12.3 Å². The van der Waals surface area contributed by atoms with Gasteiger partial charge in [0.1, 0.15) is 17.1 Å². The number of fused-ring (bicyclic) bond motifs is 1. The Balaban J connectivity index is 1.83. The number of nitrogens with zero attached hydrogens (tertiary/aromatic N) is 1. The first-order valence-corrected chi connectivity index (χ1v) is 6.71. The van der Waals surface area contributed by atoms with Crippen LogP contribution in [-0.2, 0) is 6.42 Å². The van der Waals surface area contributed by atoms with Crippen LogP contribution < -0.4 is 10.5 Å². The lowest BCUT2D eigenvalue weighted by atomic mass is 10.1. The number of rotatable bonds is 4. The number of ether oxygens (including phenoxy) is 1. The van der Waals surface area contributed by atoms with Crippen LogP contribution in [0.3, 0.4) is 0 Å². The third-order valence-corrected chi connectivity index (χ3v) is 3.20. The van der Waals surface area contributed by atoms with Crippen LogP contribution in [0.15, 0.2) is 42.5 Å². The number of aromatic amines is 1. The van der Waals surface area contributed by atoms with Crippen molar-refractivity contribution >= 4 is 16.7 Å². The number of anilines is 1. The first-order valence-electron chi connectivity index (χ1n) is 6.71. The molecular weight excluding hydrogens is 250 g/mol. The topological polar surface area (TPSA) is 63.9 Å². The maximum atomic E-state index is 5.92. The minimum atomic E-state index is 0.683. The Morgan fingerprint density at radius 3 is 2.65 bits per heavy atom. The van der Waals surface area contributed by atoms with Gasteiger partial charge in [0.05, 0.1) is 17.8 Å². The highest BCUT2D eigenvalue weighted by Crippen LogP contribution is 2.20. The summed E-state index contributed by atoms with van der Waals surface area (Å²) in [5.74, 6) is 1.81. The maximum Gasteiger partial charge on any atom is 0.119 e. The Kier molecular flexibility index (Phi) is 3.29. The van der Waals surface area contributed by atoms with Crippen molar-refractivity contribution < 1.29 is 4.74 Å². The van der Waals surface area contributed by atoms with E-state index >= 15 is 0 Å². The van der Waals surface area contributed by atoms with Crippen molar-refractivity contribution in [2.45, 2.75) is 13.3 Å². The number of benzene rings is 2. The molecule has 3 aromatic rings. The molecule has 3 rings (SSSR count). The van der Waals surface area contributed by atoms with Gasteiger partial charge in [-0.15, -0.1) is 0 Å². The molecule has 102 valence electrons. The van der Waals surface area contributed by atoms with Crippen molar-refractivity contribution in [2.24, 2.45) is 0 Å². The Hall–Kier alpha value is -2.49. The van der Waals surface area contributed by atoms with Crippen molar-refractivity contribution in [1.29, 1.82) is 0 Å². The van der Waals surface area contributed by atoms with Gasteiger partial charge < -0.3 is 15.5 Å². The van der Waals surface area contributed by atoms with E-state index in [4.69, 9.17) is 10.5 Å². The molecule has 0 fully saturated rings. The molecule has 20 heavy (non-hydrogen) atoms. The summed E-state index contributed by atoms with van der Waals surface area (Å²) in [4.78, 5) is 7.86. The summed E-state index contributed by atoms with van der Waals surface area (Å²) in [6, 6.07) is 13.9. The Bertz CT molecular complexity index is 716. The van der Waals surface area contributed by atoms with Gasteiger partial charge in [-0.2, -0.15) is 0 Å². The number of hydrogen-bond donors (Lipinski definition) is 2. The molecule has 3 N–H and O–H groups in total. The molecule has 0 atom stereocenters. The summed E-state index contributed by atoms with van der Waals surface area (Å²) in [5.41, 5.74) is 9.63. The fourth-order valence-corrected chi connectivity index (χ4v) is 2.25. The zero-order valence-electron chi connectivity index (χ0n) is 11.4. The predicted octanol–water partition coefficient (Wildman–Crippen LogP) is 3.13. The molecular formula is C16H17N3O. The normalized spacial score (nSPS) is 10.8. The zero-order chi connectivity index (χ0) is 13.9. The molecule has 0 radical (unpaired) electrons. The van der Waals surface area contributed by atoms with Crippen LogP contribution in [-0.4, -0.2) is 16.6 Å². The van der Waals surface area contributed by atoms with E-state index in [0.717, 1.165) is 29.0 Å². The van der Waals surface area contributed by atoms with E-state index < -0.39 is 0 Å². The number of nitrogen functional groups attached to an aromatic ring is 1. The third kappa shape index (κ3) is 2.45. The highest BCUT2D eigenvalue weighted by atomic mass is 16.5. The highest BCUT2D eigenvalue weighted by molar-refractivity contribution is 5.86. The quantitative estimate of drug-likeness (QED) is 0.714. The molecule has 0 unspecified atom stereocenters. The van der Waals surface area contributed by atoms with Crippen LogP contribution >= 0.6 is 0 Å². The van der Waals surface area contributed by atoms with Crippen LogP contribution in [0.4, 0.5) is 5.69 Å². The second-order valence-electron chi connectivity index (χ2n) is 4.68. The zero-order valence-corrected chi connectivity index (χ0v) is 11.4. The van der Waals surface area contributed by atoms with Crippen LogP contribution in [0.2, 0.25) is 0 Å². The molecule has 0 amide bonds. The molecule has 0 aliphatic carbocycles. The Morgan fingerprint density at radius 1 is 1.15 bits per heavy atom. The number of nitrogens with one attached hydrogen (secondary N) is 1. The van der Waals surface area contributed by atoms with E-state index in [-0.39, 0.29) is 0 Å². The fraction of sp³-hybridized carbons (Fsp3) is 0.188. The lowest BCUT2D eigenvalue weighted by Gasteiger charge is -2.03. The molecule has 0 bridgehead atoms. The van der Waals surface area contributed by atoms with Gasteiger partial charge in [0, 0.05) is 6.42 Å². The first-order chi connectivity index (χ1) is 9.76. The number of nitrogens with two attached hydrogens (primary N) is 1. The largest absolute Gasteiger partial charge is 0.494 e. The lowest BCUT2D eigenvalue weighted by Crippen LogP contribution is -1.93. The average Bonchev–Trinajstić information content (AvgIpc) is 2.85. The van der Waals surface area contributed by atoms with Gasteiger partial charge in [-0.25, -0.2) is 4.98 Å². The summed E-state index contributed by atoms with van der Waals surface area (Å²) < 4.78 is 5.43. The van der Waals surface area contributed by atoms with Crippen molar-refractivity contribution in [3.63, 3.8) is 0 Å². The van der Waals surface area contributed by atoms with Gasteiger partial charge in [-0.3, -0.25) is 0 Å². The van der Waals surface area contributed by atoms with Gasteiger partial charge in [-0.05, 0) is 36.8 Å². The van der Waals surface area contributed by atoms with E-state index in [1.165, 1.54) is 5.56 Å². The van der Waals surface area contributed by atoms with E-state index in [0.29, 0.717) is 12.3 Å². The van der Waals surface area contributed by atoms with Gasteiger partial charge in [0.25, 0.3) is 0 Å². The molecule has 0 saturated heterocycles. The minimum Gasteiger partial charge on any atom is -0.494 e. The molecule has 4 heteroatoms. The summed E-state index contributed by atoms with van der Waals surface area (Å²) in [7, 11) is 0. The summed E-state index contributed by atoms with van der Waals surface area (Å²) in [6.07, 6.45) is 0.751. The molecule has 1 aromatic heterocycles. The second-order valence-corrected chi connectivity index (χ2v) is 4.68. The van der Waals surface area contributed by atoms with Gasteiger partial charge in [0.2, 0.25) is 0 Å². The van der Waals surface area contributed by atoms with E-state index in [9.17, 15) is 0 Å². The number of H-pyrrole nitrogens is 1. The molecule has 0 saturated carbocycles. The molecule has 1 heterocycles. The third-order valence-electron chi connectivity index (χ3n) is 3.20. The van der Waals surface area contributed by atoms with Crippen LogP contribution in [0.1, 0.15) is 18.3 Å². The van der Waals surface area contributed by atoms with Gasteiger partial charge >= 0.3 is 0 Å². The van der Waals surface area contributed by atoms with Gasteiger partial charge in [0.15, 0.2) is 0 Å². The maximum absolute atomic E-state index is 5.92. The van der Waals surface area contributed by atoms with Gasteiger partial charge in [-0.1, -0.05) is 18.2 Å². The monoisotopic (exact) mass is 267 g/mol. The average molecular weight is 267 g/mol. The second kappa shape index (κ2) is 5.25. The van der Waals surface area contributed by atoms with Crippen LogP contribution in [0.25, 0.3) is 11.0 Å². The summed E-state index contributed by atoms with van der Waals surface area (Å²) in [6.45, 7) is 2.66. The number of hydrogen-bond acceptors (Lipinski definition) is 3. The fourth-order valence-electron chi connectivity index (χ4n) is 2.25. The van der Waals surface area contributed by atoms with Crippen molar-refractivity contribution in [3.05, 3.63) is 53.9 Å². The van der Waals surface area contributed by atoms with E-state index in [1.807, 2.05) is 37.3 Å². The van der Waals surface area contributed by atoms with Crippen molar-refractivity contribution in [3.8, 4) is 5.75 Å². The van der Waals surface area contributed by atoms with E-state index in [2.05, 4.69) is 22.1 Å². The number of para-hydroxylation sites is 1. The summed E-state index contributed by atoms with van der Waals surface area (Å²) >= 11 is 0. The smallest absolute Gasteiger partial charge is 0.119 e. The van der Waals surface area contributed by atoms with Crippen LogP contribution in [0, 0.1) is 0 Å². The molecule has 0 aliphatic rings. The molecule has 0 spiro atoms. The number of imidazole rings is 1. The van der Waals surface area contributed by atoms with Crippen molar-refractivity contribution in [1.82, 2.24) is 9.97 Å². The van der Waals surface area contributed by atoms with Crippen LogP contribution in [0.5, 0.6) is 5.75 Å².